The molecule has 1 saturated heterocycles. The van der Waals surface area contributed by atoms with Crippen LogP contribution >= 0.6 is 11.6 Å². The number of sulfonamides is 1. The van der Waals surface area contributed by atoms with Gasteiger partial charge in [0.15, 0.2) is 0 Å². The molecule has 1 aromatic carbocycles. The van der Waals surface area contributed by atoms with E-state index in [4.69, 9.17) is 11.6 Å². The fourth-order valence-corrected chi connectivity index (χ4v) is 5.87. The second kappa shape index (κ2) is 8.50. The summed E-state index contributed by atoms with van der Waals surface area (Å²) in [4.78, 5) is 13.0. The normalized spacial score (nSPS) is 27.3. The van der Waals surface area contributed by atoms with Crippen molar-refractivity contribution in [2.45, 2.75) is 63.3 Å². The first-order chi connectivity index (χ1) is 12.8. The van der Waals surface area contributed by atoms with Gasteiger partial charge in [0, 0.05) is 19.1 Å². The summed E-state index contributed by atoms with van der Waals surface area (Å²) in [6, 6.07) is 4.53. The van der Waals surface area contributed by atoms with Gasteiger partial charge < -0.3 is 5.32 Å². The van der Waals surface area contributed by atoms with E-state index in [1.54, 1.807) is 0 Å². The minimum Gasteiger partial charge on any atom is -0.349 e. The third kappa shape index (κ3) is 4.49. The predicted octanol–water partition coefficient (Wildman–Crippen LogP) is 4.07. The molecule has 3 rings (SSSR count). The third-order valence-corrected chi connectivity index (χ3v) is 8.38. The predicted molar refractivity (Wildman–Crippen MR) is 107 cm³/mol. The summed E-state index contributed by atoms with van der Waals surface area (Å²) >= 11 is 6.24. The Balaban J connectivity index is 1.81. The number of hydrogen-bond donors (Lipinski definition) is 1. The second-order valence-corrected chi connectivity index (χ2v) is 10.3. The van der Waals surface area contributed by atoms with Gasteiger partial charge in [-0.3, -0.25) is 4.79 Å². The van der Waals surface area contributed by atoms with Crippen molar-refractivity contribution in [2.24, 2.45) is 11.8 Å². The van der Waals surface area contributed by atoms with Crippen LogP contribution in [-0.2, 0) is 10.0 Å². The number of halogens is 1. The molecule has 1 N–H and O–H groups in total. The molecule has 1 heterocycles. The number of carbonyl (C=O) groups is 1. The van der Waals surface area contributed by atoms with Gasteiger partial charge in [0.25, 0.3) is 5.91 Å². The first-order valence-electron chi connectivity index (χ1n) is 9.91. The van der Waals surface area contributed by atoms with Crippen LogP contribution in [-0.4, -0.2) is 37.8 Å². The van der Waals surface area contributed by atoms with Crippen LogP contribution in [0.3, 0.4) is 0 Å². The highest BCUT2D eigenvalue weighted by Crippen LogP contribution is 2.30. The molecule has 2 fully saturated rings. The van der Waals surface area contributed by atoms with E-state index >= 15 is 0 Å². The number of rotatable bonds is 4. The van der Waals surface area contributed by atoms with E-state index in [1.807, 2.05) is 0 Å². The van der Waals surface area contributed by atoms with Crippen molar-refractivity contribution in [3.63, 3.8) is 0 Å². The van der Waals surface area contributed by atoms with Gasteiger partial charge in [0.05, 0.1) is 15.5 Å². The Kier molecular flexibility index (Phi) is 6.49. The van der Waals surface area contributed by atoms with Crippen molar-refractivity contribution in [1.82, 2.24) is 9.62 Å². The van der Waals surface area contributed by atoms with Crippen molar-refractivity contribution in [3.05, 3.63) is 28.8 Å². The molecule has 0 radical (unpaired) electrons. The molecule has 1 aliphatic carbocycles. The van der Waals surface area contributed by atoms with E-state index in [0.717, 1.165) is 32.1 Å². The van der Waals surface area contributed by atoms with Crippen LogP contribution in [0, 0.1) is 11.8 Å². The molecule has 3 atom stereocenters. The molecule has 5 nitrogen and oxygen atoms in total. The topological polar surface area (TPSA) is 66.5 Å². The zero-order valence-corrected chi connectivity index (χ0v) is 17.7. The molecule has 1 aromatic rings. The molecule has 1 aliphatic heterocycles. The highest BCUT2D eigenvalue weighted by atomic mass is 35.5. The van der Waals surface area contributed by atoms with Crippen LogP contribution in [0.5, 0.6) is 0 Å². The Morgan fingerprint density at radius 1 is 1.11 bits per heavy atom. The number of nitrogens with zero attached hydrogens (tertiary/aromatic N) is 1. The highest BCUT2D eigenvalue weighted by Gasteiger charge is 2.30. The van der Waals surface area contributed by atoms with Crippen molar-refractivity contribution >= 4 is 27.5 Å². The molecular weight excluding hydrogens is 384 g/mol. The second-order valence-electron chi connectivity index (χ2n) is 7.95. The summed E-state index contributed by atoms with van der Waals surface area (Å²) in [5.74, 6) is 0.661. The van der Waals surface area contributed by atoms with Gasteiger partial charge in [0.2, 0.25) is 10.0 Å². The Bertz CT molecular complexity index is 790. The number of nitrogens with one attached hydrogen (secondary N) is 1. The van der Waals surface area contributed by atoms with Crippen molar-refractivity contribution in [3.8, 4) is 0 Å². The molecule has 27 heavy (non-hydrogen) atoms. The van der Waals surface area contributed by atoms with Gasteiger partial charge in [0.1, 0.15) is 0 Å². The largest absolute Gasteiger partial charge is 0.349 e. The maximum Gasteiger partial charge on any atom is 0.253 e. The van der Waals surface area contributed by atoms with Crippen LogP contribution in [0.15, 0.2) is 23.1 Å². The lowest BCUT2D eigenvalue weighted by atomic mass is 9.78. The monoisotopic (exact) mass is 412 g/mol. The Labute approximate surface area is 167 Å². The van der Waals surface area contributed by atoms with Gasteiger partial charge in [-0.05, 0) is 49.3 Å². The average Bonchev–Trinajstić information content (AvgIpc) is 2.66. The van der Waals surface area contributed by atoms with E-state index in [1.165, 1.54) is 28.9 Å². The van der Waals surface area contributed by atoms with E-state index in [-0.39, 0.29) is 27.4 Å². The van der Waals surface area contributed by atoms with Crippen molar-refractivity contribution < 1.29 is 13.2 Å². The molecule has 150 valence electrons. The molecule has 1 amide bonds. The summed E-state index contributed by atoms with van der Waals surface area (Å²) in [6.07, 6.45) is 6.01. The number of amides is 1. The van der Waals surface area contributed by atoms with Gasteiger partial charge in [-0.1, -0.05) is 44.7 Å². The van der Waals surface area contributed by atoms with Crippen LogP contribution in [0.2, 0.25) is 5.02 Å². The fraction of sp³-hybridized carbons (Fsp3) is 0.650. The molecule has 0 aromatic heterocycles. The van der Waals surface area contributed by atoms with E-state index in [0.29, 0.717) is 24.9 Å². The smallest absolute Gasteiger partial charge is 0.253 e. The summed E-state index contributed by atoms with van der Waals surface area (Å²) in [6.45, 7) is 5.43. The number of hydrogen-bond acceptors (Lipinski definition) is 3. The fourth-order valence-electron chi connectivity index (χ4n) is 4.13. The van der Waals surface area contributed by atoms with Crippen LogP contribution in [0.25, 0.3) is 0 Å². The van der Waals surface area contributed by atoms with Gasteiger partial charge in [-0.15, -0.1) is 0 Å². The van der Waals surface area contributed by atoms with Crippen LogP contribution in [0.4, 0.5) is 0 Å². The van der Waals surface area contributed by atoms with E-state index in [2.05, 4.69) is 19.2 Å². The van der Waals surface area contributed by atoms with E-state index < -0.39 is 10.0 Å². The first kappa shape index (κ1) is 20.6. The molecule has 7 heteroatoms. The number of carbonyl (C=O) groups excluding carboxylic acids is 1. The molecule has 0 spiro atoms. The minimum absolute atomic E-state index is 0.0969. The van der Waals surface area contributed by atoms with Gasteiger partial charge in [-0.2, -0.15) is 4.31 Å². The molecule has 1 saturated carbocycles. The summed E-state index contributed by atoms with van der Waals surface area (Å²) < 4.78 is 27.3. The minimum atomic E-state index is -3.59. The summed E-state index contributed by atoms with van der Waals surface area (Å²) in [5.41, 5.74) is 0.236. The Morgan fingerprint density at radius 3 is 2.52 bits per heavy atom. The number of piperidine rings is 1. The molecule has 2 aliphatic rings. The van der Waals surface area contributed by atoms with Gasteiger partial charge >= 0.3 is 0 Å². The SMILES string of the molecule is C[C@@H]1[C@@H](C)CCC[C@H]1NC(=O)c1cc(S(=O)(=O)N2CCCCC2)ccc1Cl. The Morgan fingerprint density at radius 2 is 1.81 bits per heavy atom. The lowest BCUT2D eigenvalue weighted by Crippen LogP contribution is -2.43. The lowest BCUT2D eigenvalue weighted by Gasteiger charge is -2.34. The maximum atomic E-state index is 12.9. The van der Waals surface area contributed by atoms with Crippen molar-refractivity contribution in [2.75, 3.05) is 13.1 Å². The number of benzene rings is 1. The van der Waals surface area contributed by atoms with Gasteiger partial charge in [-0.25, -0.2) is 8.42 Å². The van der Waals surface area contributed by atoms with Crippen LogP contribution in [0.1, 0.15) is 62.7 Å². The first-order valence-corrected chi connectivity index (χ1v) is 11.7. The zero-order valence-electron chi connectivity index (χ0n) is 16.1. The molecule has 0 unspecified atom stereocenters. The summed E-state index contributed by atoms with van der Waals surface area (Å²) in [5, 5.41) is 3.36. The quantitative estimate of drug-likeness (QED) is 0.810. The van der Waals surface area contributed by atoms with E-state index in [9.17, 15) is 13.2 Å². The molecular formula is C20H29ClN2O3S. The Hall–Kier alpha value is -1.11. The lowest BCUT2D eigenvalue weighted by molar-refractivity contribution is 0.0891. The zero-order chi connectivity index (χ0) is 19.6. The summed E-state index contributed by atoms with van der Waals surface area (Å²) in [7, 11) is -3.59. The standard InChI is InChI=1S/C20H29ClN2O3S/c1-14-7-6-8-19(15(14)2)22-20(24)17-13-16(9-10-18(17)21)27(25,26)23-11-4-3-5-12-23/h9-10,13-15,19H,3-8,11-12H2,1-2H3,(H,22,24)/t14-,15+,19+/m0/s1. The molecule has 0 bridgehead atoms. The highest BCUT2D eigenvalue weighted by molar-refractivity contribution is 7.89. The third-order valence-electron chi connectivity index (χ3n) is 6.16. The maximum absolute atomic E-state index is 12.9. The van der Waals surface area contributed by atoms with Crippen LogP contribution < -0.4 is 5.32 Å². The van der Waals surface area contributed by atoms with Crippen molar-refractivity contribution in [1.29, 1.82) is 0 Å². The average molecular weight is 413 g/mol.